The van der Waals surface area contributed by atoms with Crippen LogP contribution in [-0.2, 0) is 0 Å². The topological polar surface area (TPSA) is 39.1 Å². The second-order valence-corrected chi connectivity index (χ2v) is 5.58. The predicted octanol–water partition coefficient (Wildman–Crippen LogP) is 3.13. The number of halogens is 1. The Morgan fingerprint density at radius 3 is 2.56 bits per heavy atom. The first-order valence-corrected chi connectivity index (χ1v) is 6.61. The average Bonchev–Trinajstić information content (AvgIpc) is 2.77. The van der Waals surface area contributed by atoms with E-state index < -0.39 is 5.54 Å². The summed E-state index contributed by atoms with van der Waals surface area (Å²) >= 11 is 5.86. The highest BCUT2D eigenvalue weighted by Gasteiger charge is 2.39. The molecular formula is C14H18ClN3. The first-order chi connectivity index (χ1) is 8.54. The van der Waals surface area contributed by atoms with E-state index in [1.165, 1.54) is 0 Å². The van der Waals surface area contributed by atoms with Crippen LogP contribution in [0.1, 0.15) is 20.3 Å². The minimum Gasteiger partial charge on any atom is -0.366 e. The summed E-state index contributed by atoms with van der Waals surface area (Å²) in [6.45, 7) is 6.06. The molecule has 96 valence electrons. The van der Waals surface area contributed by atoms with Crippen molar-refractivity contribution in [2.45, 2.75) is 31.8 Å². The lowest BCUT2D eigenvalue weighted by Gasteiger charge is -2.26. The van der Waals surface area contributed by atoms with Gasteiger partial charge in [0.15, 0.2) is 0 Å². The fraction of sp³-hybridized carbons (Fsp3) is 0.500. The van der Waals surface area contributed by atoms with Crippen LogP contribution in [0.15, 0.2) is 24.3 Å². The van der Waals surface area contributed by atoms with Gasteiger partial charge in [-0.15, -0.1) is 0 Å². The second kappa shape index (κ2) is 5.17. The largest absolute Gasteiger partial charge is 0.366 e. The number of nitrogens with zero attached hydrogens (tertiary/aromatic N) is 2. The van der Waals surface area contributed by atoms with Crippen molar-refractivity contribution in [2.75, 3.05) is 18.4 Å². The van der Waals surface area contributed by atoms with Crippen molar-refractivity contribution in [1.29, 1.82) is 5.26 Å². The maximum Gasteiger partial charge on any atom is 0.139 e. The Balaban J connectivity index is 2.11. The highest BCUT2D eigenvalue weighted by molar-refractivity contribution is 6.30. The molecule has 1 aromatic carbocycles. The summed E-state index contributed by atoms with van der Waals surface area (Å²) in [5.74, 6) is 0. The lowest BCUT2D eigenvalue weighted by molar-refractivity contribution is 0.268. The molecule has 1 aliphatic heterocycles. The molecule has 1 fully saturated rings. The molecule has 1 heterocycles. The number of hydrogen-bond acceptors (Lipinski definition) is 3. The first kappa shape index (κ1) is 13.2. The lowest BCUT2D eigenvalue weighted by Crippen LogP contribution is -2.41. The standard InChI is InChI=1S/C14H18ClN3/c1-11(2)18-8-7-14(9-16,10-18)17-13-5-3-12(15)4-6-13/h3-6,11,17H,7-8,10H2,1-2H3. The van der Waals surface area contributed by atoms with Crippen LogP contribution in [0.25, 0.3) is 0 Å². The monoisotopic (exact) mass is 263 g/mol. The minimum atomic E-state index is -0.474. The quantitative estimate of drug-likeness (QED) is 0.911. The summed E-state index contributed by atoms with van der Waals surface area (Å²) in [5.41, 5.74) is 0.476. The summed E-state index contributed by atoms with van der Waals surface area (Å²) in [6, 6.07) is 10.4. The number of rotatable bonds is 3. The van der Waals surface area contributed by atoms with Crippen LogP contribution in [0.5, 0.6) is 0 Å². The van der Waals surface area contributed by atoms with Gasteiger partial charge < -0.3 is 5.32 Å². The Kier molecular flexibility index (Phi) is 3.79. The zero-order chi connectivity index (χ0) is 13.2. The van der Waals surface area contributed by atoms with Gasteiger partial charge in [0.25, 0.3) is 0 Å². The minimum absolute atomic E-state index is 0.474. The van der Waals surface area contributed by atoms with Crippen LogP contribution in [-0.4, -0.2) is 29.6 Å². The normalized spacial score (nSPS) is 24.2. The van der Waals surface area contributed by atoms with Gasteiger partial charge in [-0.25, -0.2) is 0 Å². The summed E-state index contributed by atoms with van der Waals surface area (Å²) in [7, 11) is 0. The van der Waals surface area contributed by atoms with Crippen molar-refractivity contribution in [3.63, 3.8) is 0 Å². The summed E-state index contributed by atoms with van der Waals surface area (Å²) in [6.07, 6.45) is 0.851. The van der Waals surface area contributed by atoms with Gasteiger partial charge in [0, 0.05) is 29.8 Å². The number of nitriles is 1. The van der Waals surface area contributed by atoms with Gasteiger partial charge in [-0.1, -0.05) is 11.6 Å². The van der Waals surface area contributed by atoms with Crippen molar-refractivity contribution in [3.05, 3.63) is 29.3 Å². The predicted molar refractivity (Wildman–Crippen MR) is 74.7 cm³/mol. The molecule has 2 rings (SSSR count). The molecule has 1 unspecified atom stereocenters. The summed E-state index contributed by atoms with van der Waals surface area (Å²) in [5, 5.41) is 13.5. The third-order valence-corrected chi connectivity index (χ3v) is 3.72. The zero-order valence-electron chi connectivity index (χ0n) is 10.8. The molecular weight excluding hydrogens is 246 g/mol. The maximum atomic E-state index is 9.47. The molecule has 1 aliphatic rings. The molecule has 1 N–H and O–H groups in total. The van der Waals surface area contributed by atoms with E-state index in [2.05, 4.69) is 30.1 Å². The van der Waals surface area contributed by atoms with Crippen LogP contribution in [0.4, 0.5) is 5.69 Å². The Bertz CT molecular complexity index is 449. The Labute approximate surface area is 113 Å². The maximum absolute atomic E-state index is 9.47. The smallest absolute Gasteiger partial charge is 0.139 e. The van der Waals surface area contributed by atoms with Gasteiger partial charge >= 0.3 is 0 Å². The molecule has 1 aromatic rings. The molecule has 0 amide bonds. The zero-order valence-corrected chi connectivity index (χ0v) is 11.5. The van der Waals surface area contributed by atoms with E-state index >= 15 is 0 Å². The first-order valence-electron chi connectivity index (χ1n) is 6.24. The number of hydrogen-bond donors (Lipinski definition) is 1. The number of likely N-dealkylation sites (tertiary alicyclic amines) is 1. The molecule has 1 saturated heterocycles. The summed E-state index contributed by atoms with van der Waals surface area (Å²) in [4.78, 5) is 2.33. The highest BCUT2D eigenvalue weighted by Crippen LogP contribution is 2.27. The van der Waals surface area contributed by atoms with E-state index in [9.17, 15) is 5.26 Å². The van der Waals surface area contributed by atoms with Crippen LogP contribution in [0.3, 0.4) is 0 Å². The van der Waals surface area contributed by atoms with Crippen LogP contribution in [0.2, 0.25) is 5.02 Å². The highest BCUT2D eigenvalue weighted by atomic mass is 35.5. The Hall–Kier alpha value is -1.24. The Morgan fingerprint density at radius 2 is 2.06 bits per heavy atom. The SMILES string of the molecule is CC(C)N1CCC(C#N)(Nc2ccc(Cl)cc2)C1. The Morgan fingerprint density at radius 1 is 1.39 bits per heavy atom. The van der Waals surface area contributed by atoms with Crippen molar-refractivity contribution in [3.8, 4) is 6.07 Å². The third kappa shape index (κ3) is 2.77. The fourth-order valence-electron chi connectivity index (χ4n) is 2.31. The number of benzene rings is 1. The van der Waals surface area contributed by atoms with Gasteiger partial charge in [-0.3, -0.25) is 4.90 Å². The molecule has 0 aromatic heterocycles. The number of nitrogens with one attached hydrogen (secondary N) is 1. The van der Waals surface area contributed by atoms with Crippen molar-refractivity contribution >= 4 is 17.3 Å². The molecule has 0 spiro atoms. The molecule has 0 saturated carbocycles. The van der Waals surface area contributed by atoms with E-state index in [1.54, 1.807) is 0 Å². The fourth-order valence-corrected chi connectivity index (χ4v) is 2.44. The van der Waals surface area contributed by atoms with Gasteiger partial charge in [0.2, 0.25) is 0 Å². The molecule has 1 atom stereocenters. The molecule has 0 aliphatic carbocycles. The van der Waals surface area contributed by atoms with E-state index in [0.717, 1.165) is 25.2 Å². The summed E-state index contributed by atoms with van der Waals surface area (Å²) < 4.78 is 0. The number of anilines is 1. The van der Waals surface area contributed by atoms with Crippen LogP contribution in [0, 0.1) is 11.3 Å². The van der Waals surface area contributed by atoms with Gasteiger partial charge in [0.1, 0.15) is 5.54 Å². The average molecular weight is 264 g/mol. The van der Waals surface area contributed by atoms with Crippen LogP contribution >= 0.6 is 11.6 Å². The molecule has 3 nitrogen and oxygen atoms in total. The molecule has 0 bridgehead atoms. The third-order valence-electron chi connectivity index (χ3n) is 3.47. The molecule has 0 radical (unpaired) electrons. The van der Waals surface area contributed by atoms with Gasteiger partial charge in [0.05, 0.1) is 6.07 Å². The molecule has 18 heavy (non-hydrogen) atoms. The van der Waals surface area contributed by atoms with Crippen molar-refractivity contribution in [1.82, 2.24) is 4.90 Å². The van der Waals surface area contributed by atoms with Gasteiger partial charge in [-0.2, -0.15) is 5.26 Å². The van der Waals surface area contributed by atoms with Crippen LogP contribution < -0.4 is 5.32 Å². The van der Waals surface area contributed by atoms with Gasteiger partial charge in [-0.05, 0) is 44.5 Å². The van der Waals surface area contributed by atoms with Crippen molar-refractivity contribution in [2.24, 2.45) is 0 Å². The van der Waals surface area contributed by atoms with E-state index in [1.807, 2.05) is 24.3 Å². The van der Waals surface area contributed by atoms with E-state index in [0.29, 0.717) is 11.1 Å². The van der Waals surface area contributed by atoms with E-state index in [-0.39, 0.29) is 0 Å². The second-order valence-electron chi connectivity index (χ2n) is 5.14. The van der Waals surface area contributed by atoms with E-state index in [4.69, 9.17) is 11.6 Å². The van der Waals surface area contributed by atoms with Crippen molar-refractivity contribution < 1.29 is 0 Å². The lowest BCUT2D eigenvalue weighted by atomic mass is 10.0. The molecule has 4 heteroatoms.